The lowest BCUT2D eigenvalue weighted by Gasteiger charge is -2.24. The molecule has 1 atom stereocenters. The van der Waals surface area contributed by atoms with Crippen molar-refractivity contribution in [2.75, 3.05) is 33.7 Å². The van der Waals surface area contributed by atoms with Crippen LogP contribution in [0.1, 0.15) is 38.7 Å². The molecule has 4 nitrogen and oxygen atoms in total. The topological polar surface area (TPSA) is 39.7 Å². The first kappa shape index (κ1) is 17.8. The maximum atomic E-state index is 4.35. The molecule has 0 radical (unpaired) electrons. The van der Waals surface area contributed by atoms with Crippen molar-refractivity contribution in [1.29, 1.82) is 0 Å². The van der Waals surface area contributed by atoms with E-state index < -0.39 is 0 Å². The summed E-state index contributed by atoms with van der Waals surface area (Å²) in [5, 5.41) is 6.94. The van der Waals surface area contributed by atoms with Crippen molar-refractivity contribution < 1.29 is 0 Å². The second-order valence-corrected chi connectivity index (χ2v) is 6.74. The molecule has 0 heterocycles. The zero-order valence-electron chi connectivity index (χ0n) is 15.1. The Balaban J connectivity index is 1.76. The number of nitrogens with zero attached hydrogens (tertiary/aromatic N) is 2. The standard InChI is InChI=1S/C19H32N4/c1-5-16(2)23(4)14-13-21-18(20-3)22-15-19(11-12-19)17-9-7-6-8-10-17/h6-10,16H,5,11-15H2,1-4H3,(H2,20,21,22). The second kappa shape index (κ2) is 8.34. The Morgan fingerprint density at radius 2 is 1.96 bits per heavy atom. The van der Waals surface area contributed by atoms with E-state index in [-0.39, 0.29) is 0 Å². The quantitative estimate of drug-likeness (QED) is 0.572. The Kier molecular flexibility index (Phi) is 6.46. The zero-order valence-corrected chi connectivity index (χ0v) is 15.1. The van der Waals surface area contributed by atoms with Gasteiger partial charge in [-0.3, -0.25) is 4.99 Å². The molecule has 23 heavy (non-hydrogen) atoms. The Hall–Kier alpha value is -1.55. The summed E-state index contributed by atoms with van der Waals surface area (Å²) in [6.45, 7) is 7.40. The number of nitrogens with one attached hydrogen (secondary N) is 2. The number of benzene rings is 1. The van der Waals surface area contributed by atoms with Crippen LogP contribution in [-0.4, -0.2) is 50.6 Å². The van der Waals surface area contributed by atoms with E-state index >= 15 is 0 Å². The van der Waals surface area contributed by atoms with Crippen LogP contribution in [0, 0.1) is 0 Å². The highest BCUT2D eigenvalue weighted by Gasteiger charge is 2.43. The molecule has 0 bridgehead atoms. The maximum absolute atomic E-state index is 4.35. The fourth-order valence-electron chi connectivity index (χ4n) is 2.87. The van der Waals surface area contributed by atoms with E-state index in [1.54, 1.807) is 0 Å². The summed E-state index contributed by atoms with van der Waals surface area (Å²) < 4.78 is 0. The van der Waals surface area contributed by atoms with Crippen LogP contribution in [0.2, 0.25) is 0 Å². The first-order chi connectivity index (χ1) is 11.1. The number of guanidine groups is 1. The smallest absolute Gasteiger partial charge is 0.191 e. The zero-order chi connectivity index (χ0) is 16.7. The first-order valence-electron chi connectivity index (χ1n) is 8.81. The average molecular weight is 316 g/mol. The van der Waals surface area contributed by atoms with Gasteiger partial charge in [0.25, 0.3) is 0 Å². The van der Waals surface area contributed by atoms with Gasteiger partial charge in [-0.05, 0) is 38.8 Å². The summed E-state index contributed by atoms with van der Waals surface area (Å²) >= 11 is 0. The molecular formula is C19H32N4. The van der Waals surface area contributed by atoms with E-state index in [0.29, 0.717) is 11.5 Å². The Bertz CT molecular complexity index is 493. The van der Waals surface area contributed by atoms with Crippen LogP contribution in [0.4, 0.5) is 0 Å². The number of rotatable bonds is 8. The third-order valence-electron chi connectivity index (χ3n) is 5.16. The highest BCUT2D eigenvalue weighted by atomic mass is 15.2. The molecule has 0 aromatic heterocycles. The number of aliphatic imine (C=N–C) groups is 1. The molecule has 1 aromatic rings. The Labute approximate surface area is 141 Å². The van der Waals surface area contributed by atoms with Crippen molar-refractivity contribution in [2.24, 2.45) is 4.99 Å². The molecule has 1 aromatic carbocycles. The Morgan fingerprint density at radius 3 is 2.52 bits per heavy atom. The molecule has 0 saturated heterocycles. The number of hydrogen-bond donors (Lipinski definition) is 2. The predicted octanol–water partition coefficient (Wildman–Crippen LogP) is 2.61. The van der Waals surface area contributed by atoms with Gasteiger partial charge in [-0.1, -0.05) is 37.3 Å². The first-order valence-corrected chi connectivity index (χ1v) is 8.81. The molecule has 1 fully saturated rings. The SMILES string of the molecule is CCC(C)N(C)CCNC(=NC)NCC1(c2ccccc2)CC1. The van der Waals surface area contributed by atoms with E-state index in [9.17, 15) is 0 Å². The van der Waals surface area contributed by atoms with Crippen molar-refractivity contribution in [1.82, 2.24) is 15.5 Å². The summed E-state index contributed by atoms with van der Waals surface area (Å²) in [6.07, 6.45) is 3.71. The van der Waals surface area contributed by atoms with Crippen molar-refractivity contribution >= 4 is 5.96 Å². The molecule has 1 unspecified atom stereocenters. The van der Waals surface area contributed by atoms with Gasteiger partial charge < -0.3 is 15.5 Å². The molecule has 2 rings (SSSR count). The molecule has 4 heteroatoms. The monoisotopic (exact) mass is 316 g/mol. The van der Waals surface area contributed by atoms with Gasteiger partial charge in [-0.2, -0.15) is 0 Å². The fourth-order valence-corrected chi connectivity index (χ4v) is 2.87. The molecule has 0 aliphatic heterocycles. The highest BCUT2D eigenvalue weighted by Crippen LogP contribution is 2.47. The molecule has 128 valence electrons. The second-order valence-electron chi connectivity index (χ2n) is 6.74. The van der Waals surface area contributed by atoms with E-state index in [1.807, 2.05) is 7.05 Å². The van der Waals surface area contributed by atoms with Crippen molar-refractivity contribution in [3.63, 3.8) is 0 Å². The normalized spacial score (nSPS) is 17.9. The van der Waals surface area contributed by atoms with Gasteiger partial charge in [0.2, 0.25) is 0 Å². The van der Waals surface area contributed by atoms with Crippen molar-refractivity contribution in [3.05, 3.63) is 35.9 Å². The summed E-state index contributed by atoms with van der Waals surface area (Å²) in [7, 11) is 4.02. The van der Waals surface area contributed by atoms with Crippen LogP contribution in [0.15, 0.2) is 35.3 Å². The van der Waals surface area contributed by atoms with Gasteiger partial charge in [0.15, 0.2) is 5.96 Å². The fraction of sp³-hybridized carbons (Fsp3) is 0.632. The maximum Gasteiger partial charge on any atom is 0.191 e. The predicted molar refractivity (Wildman–Crippen MR) is 99.1 cm³/mol. The number of likely N-dealkylation sites (N-methyl/N-ethyl adjacent to an activating group) is 1. The van der Waals surface area contributed by atoms with Crippen LogP contribution in [0.25, 0.3) is 0 Å². The summed E-state index contributed by atoms with van der Waals surface area (Å²) in [4.78, 5) is 6.73. The molecule has 2 N–H and O–H groups in total. The Morgan fingerprint density at radius 1 is 1.26 bits per heavy atom. The third kappa shape index (κ3) is 4.96. The minimum atomic E-state index is 0.312. The molecular weight excluding hydrogens is 284 g/mol. The van der Waals surface area contributed by atoms with E-state index in [1.165, 1.54) is 24.8 Å². The van der Waals surface area contributed by atoms with E-state index in [2.05, 4.69) is 71.8 Å². The highest BCUT2D eigenvalue weighted by molar-refractivity contribution is 5.79. The lowest BCUT2D eigenvalue weighted by atomic mass is 9.96. The van der Waals surface area contributed by atoms with Crippen LogP contribution < -0.4 is 10.6 Å². The van der Waals surface area contributed by atoms with E-state index in [4.69, 9.17) is 0 Å². The van der Waals surface area contributed by atoms with E-state index in [0.717, 1.165) is 25.6 Å². The number of hydrogen-bond acceptors (Lipinski definition) is 2. The van der Waals surface area contributed by atoms with Gasteiger partial charge in [0.1, 0.15) is 0 Å². The molecule has 1 aliphatic rings. The van der Waals surface area contributed by atoms with Crippen LogP contribution in [0.5, 0.6) is 0 Å². The minimum Gasteiger partial charge on any atom is -0.356 e. The van der Waals surface area contributed by atoms with Gasteiger partial charge >= 0.3 is 0 Å². The molecule has 1 saturated carbocycles. The minimum absolute atomic E-state index is 0.312. The van der Waals surface area contributed by atoms with Crippen LogP contribution in [0.3, 0.4) is 0 Å². The third-order valence-corrected chi connectivity index (χ3v) is 5.16. The molecule has 1 aliphatic carbocycles. The summed E-state index contributed by atoms with van der Waals surface area (Å²) in [5.41, 5.74) is 1.76. The average Bonchev–Trinajstić information content (AvgIpc) is 3.39. The van der Waals surface area contributed by atoms with Gasteiger partial charge in [0.05, 0.1) is 0 Å². The van der Waals surface area contributed by atoms with Crippen LogP contribution in [-0.2, 0) is 5.41 Å². The lowest BCUT2D eigenvalue weighted by molar-refractivity contribution is 0.255. The lowest BCUT2D eigenvalue weighted by Crippen LogP contribution is -2.44. The van der Waals surface area contributed by atoms with Crippen LogP contribution >= 0.6 is 0 Å². The summed E-state index contributed by atoms with van der Waals surface area (Å²) in [5.74, 6) is 0.907. The molecule has 0 amide bonds. The van der Waals surface area contributed by atoms with Crippen molar-refractivity contribution in [3.8, 4) is 0 Å². The van der Waals surface area contributed by atoms with Gasteiger partial charge in [-0.25, -0.2) is 0 Å². The van der Waals surface area contributed by atoms with Gasteiger partial charge in [0, 0.05) is 38.1 Å². The van der Waals surface area contributed by atoms with Gasteiger partial charge in [-0.15, -0.1) is 0 Å². The largest absolute Gasteiger partial charge is 0.356 e. The van der Waals surface area contributed by atoms with Crippen molar-refractivity contribution in [2.45, 2.75) is 44.6 Å². The summed E-state index contributed by atoms with van der Waals surface area (Å²) in [6, 6.07) is 11.5. The molecule has 0 spiro atoms.